The van der Waals surface area contributed by atoms with Gasteiger partial charge in [0.25, 0.3) is 0 Å². The Labute approximate surface area is 81.9 Å². The van der Waals surface area contributed by atoms with Crippen LogP contribution in [0.5, 0.6) is 11.5 Å². The number of hydrogen-bond donors (Lipinski definition) is 3. The Hall–Kier alpha value is -1.26. The van der Waals surface area contributed by atoms with Crippen LogP contribution in [0.2, 0.25) is 0 Å². The van der Waals surface area contributed by atoms with Crippen molar-refractivity contribution in [3.05, 3.63) is 23.3 Å². The number of fused-ring (bicyclic) bond motifs is 1. The van der Waals surface area contributed by atoms with Crippen LogP contribution in [-0.2, 0) is 6.61 Å². The number of ether oxygens (including phenoxy) is 1. The van der Waals surface area contributed by atoms with Crippen LogP contribution >= 0.6 is 0 Å². The summed E-state index contributed by atoms with van der Waals surface area (Å²) in [5.41, 5.74) is 6.95. The van der Waals surface area contributed by atoms with Gasteiger partial charge in [0, 0.05) is 18.0 Å². The first kappa shape index (κ1) is 9.30. The van der Waals surface area contributed by atoms with E-state index in [4.69, 9.17) is 15.6 Å². The van der Waals surface area contributed by atoms with Gasteiger partial charge >= 0.3 is 0 Å². The molecule has 1 aromatic carbocycles. The molecule has 4 nitrogen and oxygen atoms in total. The van der Waals surface area contributed by atoms with E-state index in [-0.39, 0.29) is 18.4 Å². The fourth-order valence-corrected chi connectivity index (χ4v) is 1.69. The summed E-state index contributed by atoms with van der Waals surface area (Å²) in [6, 6.07) is 3.18. The minimum Gasteiger partial charge on any atom is -0.507 e. The number of aromatic hydroxyl groups is 1. The van der Waals surface area contributed by atoms with Crippen molar-refractivity contribution >= 4 is 0 Å². The van der Waals surface area contributed by atoms with Gasteiger partial charge in [0.1, 0.15) is 11.5 Å². The molecular formula is C10H13NO3. The van der Waals surface area contributed by atoms with Gasteiger partial charge < -0.3 is 20.7 Å². The van der Waals surface area contributed by atoms with Crippen molar-refractivity contribution in [2.24, 2.45) is 5.73 Å². The van der Waals surface area contributed by atoms with Crippen LogP contribution in [0.1, 0.15) is 23.6 Å². The Bertz CT molecular complexity index is 351. The predicted octanol–water partition coefficient (Wildman–Crippen LogP) is 0.667. The molecular weight excluding hydrogens is 182 g/mol. The molecule has 76 valence electrons. The zero-order chi connectivity index (χ0) is 10.1. The van der Waals surface area contributed by atoms with E-state index in [9.17, 15) is 5.11 Å². The average molecular weight is 195 g/mol. The van der Waals surface area contributed by atoms with Crippen molar-refractivity contribution in [2.75, 3.05) is 6.61 Å². The average Bonchev–Trinajstić information content (AvgIpc) is 2.18. The first-order chi connectivity index (χ1) is 6.74. The van der Waals surface area contributed by atoms with E-state index in [0.717, 1.165) is 0 Å². The Kier molecular flexibility index (Phi) is 2.31. The second-order valence-electron chi connectivity index (χ2n) is 3.39. The standard InChI is InChI=1S/C10H13NO3/c11-7-3-4-14-8-2-1-6(5-12)10(13)9(7)8/h1-2,7,12-13H,3-5,11H2. The lowest BCUT2D eigenvalue weighted by atomic mass is 9.98. The maximum absolute atomic E-state index is 9.79. The molecule has 0 aromatic heterocycles. The molecule has 1 unspecified atom stereocenters. The lowest BCUT2D eigenvalue weighted by molar-refractivity contribution is 0.255. The molecule has 4 N–H and O–H groups in total. The topological polar surface area (TPSA) is 75.7 Å². The summed E-state index contributed by atoms with van der Waals surface area (Å²) in [5, 5.41) is 18.7. The summed E-state index contributed by atoms with van der Waals surface area (Å²) in [7, 11) is 0. The molecule has 0 bridgehead atoms. The molecule has 1 atom stereocenters. The number of phenols is 1. The SMILES string of the molecule is NC1CCOc2ccc(CO)c(O)c21. The number of rotatable bonds is 1. The summed E-state index contributed by atoms with van der Waals surface area (Å²) in [6.07, 6.45) is 0.690. The fourth-order valence-electron chi connectivity index (χ4n) is 1.69. The Morgan fingerprint density at radius 2 is 2.29 bits per heavy atom. The molecule has 1 heterocycles. The van der Waals surface area contributed by atoms with Crippen LogP contribution in [0.3, 0.4) is 0 Å². The quantitative estimate of drug-likeness (QED) is 0.615. The van der Waals surface area contributed by atoms with Crippen LogP contribution in [0.15, 0.2) is 12.1 Å². The third-order valence-corrected chi connectivity index (χ3v) is 2.49. The molecule has 0 radical (unpaired) electrons. The highest BCUT2D eigenvalue weighted by atomic mass is 16.5. The van der Waals surface area contributed by atoms with Crippen molar-refractivity contribution in [3.63, 3.8) is 0 Å². The lowest BCUT2D eigenvalue weighted by Gasteiger charge is -2.24. The van der Waals surface area contributed by atoms with E-state index < -0.39 is 0 Å². The zero-order valence-electron chi connectivity index (χ0n) is 7.73. The lowest BCUT2D eigenvalue weighted by Crippen LogP contribution is -2.21. The van der Waals surface area contributed by atoms with Crippen LogP contribution in [0.25, 0.3) is 0 Å². The third kappa shape index (κ3) is 1.32. The van der Waals surface area contributed by atoms with Crippen molar-refractivity contribution < 1.29 is 14.9 Å². The van der Waals surface area contributed by atoms with Gasteiger partial charge in [-0.15, -0.1) is 0 Å². The number of hydrogen-bond acceptors (Lipinski definition) is 4. The Morgan fingerprint density at radius 1 is 1.50 bits per heavy atom. The summed E-state index contributed by atoms with van der Waals surface area (Å²) >= 11 is 0. The van der Waals surface area contributed by atoms with Gasteiger partial charge in [0.15, 0.2) is 0 Å². The van der Waals surface area contributed by atoms with Crippen LogP contribution in [0.4, 0.5) is 0 Å². The highest BCUT2D eigenvalue weighted by Gasteiger charge is 2.23. The highest BCUT2D eigenvalue weighted by Crippen LogP contribution is 2.39. The maximum atomic E-state index is 9.79. The van der Waals surface area contributed by atoms with Crippen LogP contribution in [0, 0.1) is 0 Å². The van der Waals surface area contributed by atoms with Crippen LogP contribution < -0.4 is 10.5 Å². The van der Waals surface area contributed by atoms with Gasteiger partial charge in [-0.2, -0.15) is 0 Å². The van der Waals surface area contributed by atoms with Gasteiger partial charge in [-0.1, -0.05) is 0 Å². The Morgan fingerprint density at radius 3 is 3.00 bits per heavy atom. The van der Waals surface area contributed by atoms with Crippen LogP contribution in [-0.4, -0.2) is 16.8 Å². The van der Waals surface area contributed by atoms with Gasteiger partial charge in [0.2, 0.25) is 0 Å². The number of nitrogens with two attached hydrogens (primary N) is 1. The van der Waals surface area contributed by atoms with Crippen molar-refractivity contribution in [1.82, 2.24) is 0 Å². The van der Waals surface area contributed by atoms with Crippen molar-refractivity contribution in [1.29, 1.82) is 0 Å². The van der Waals surface area contributed by atoms with Gasteiger partial charge in [-0.25, -0.2) is 0 Å². The first-order valence-corrected chi connectivity index (χ1v) is 4.58. The van der Waals surface area contributed by atoms with E-state index >= 15 is 0 Å². The molecule has 1 aliphatic rings. The van der Waals surface area contributed by atoms with E-state index in [0.29, 0.717) is 29.9 Å². The summed E-state index contributed by atoms with van der Waals surface area (Å²) in [5.74, 6) is 0.690. The predicted molar refractivity (Wildman–Crippen MR) is 51.1 cm³/mol. The van der Waals surface area contributed by atoms with Gasteiger partial charge in [-0.3, -0.25) is 0 Å². The normalized spacial score (nSPS) is 20.0. The molecule has 0 aliphatic carbocycles. The molecule has 1 aromatic rings. The summed E-state index contributed by atoms with van der Waals surface area (Å²) in [4.78, 5) is 0. The zero-order valence-corrected chi connectivity index (χ0v) is 7.73. The second-order valence-corrected chi connectivity index (χ2v) is 3.39. The monoisotopic (exact) mass is 195 g/mol. The largest absolute Gasteiger partial charge is 0.507 e. The molecule has 0 amide bonds. The van der Waals surface area contributed by atoms with Crippen molar-refractivity contribution in [2.45, 2.75) is 19.1 Å². The Balaban J connectivity index is 2.54. The molecule has 0 fully saturated rings. The smallest absolute Gasteiger partial charge is 0.129 e. The molecule has 14 heavy (non-hydrogen) atoms. The minimum absolute atomic E-state index is 0.0669. The molecule has 0 saturated carbocycles. The number of aliphatic hydroxyl groups is 1. The van der Waals surface area contributed by atoms with E-state index in [1.54, 1.807) is 12.1 Å². The highest BCUT2D eigenvalue weighted by molar-refractivity contribution is 5.51. The fraction of sp³-hybridized carbons (Fsp3) is 0.400. The van der Waals surface area contributed by atoms with Gasteiger partial charge in [0.05, 0.1) is 18.8 Å². The third-order valence-electron chi connectivity index (χ3n) is 2.49. The minimum atomic E-state index is -0.203. The van der Waals surface area contributed by atoms with E-state index in [1.807, 2.05) is 0 Å². The molecule has 2 rings (SSSR count). The maximum Gasteiger partial charge on any atom is 0.129 e. The van der Waals surface area contributed by atoms with Crippen molar-refractivity contribution in [3.8, 4) is 11.5 Å². The van der Waals surface area contributed by atoms with E-state index in [2.05, 4.69) is 0 Å². The number of benzene rings is 1. The summed E-state index contributed by atoms with van der Waals surface area (Å²) in [6.45, 7) is 0.387. The molecule has 4 heteroatoms. The second kappa shape index (κ2) is 3.48. The molecule has 0 saturated heterocycles. The first-order valence-electron chi connectivity index (χ1n) is 4.58. The van der Waals surface area contributed by atoms with E-state index in [1.165, 1.54) is 0 Å². The number of aliphatic hydroxyl groups excluding tert-OH is 1. The summed E-state index contributed by atoms with van der Waals surface area (Å²) < 4.78 is 5.35. The van der Waals surface area contributed by atoms with Gasteiger partial charge in [-0.05, 0) is 12.1 Å². The molecule has 1 aliphatic heterocycles. The molecule has 0 spiro atoms.